The van der Waals surface area contributed by atoms with Crippen LogP contribution in [-0.2, 0) is 10.9 Å². The van der Waals surface area contributed by atoms with Crippen LogP contribution in [0.4, 0.5) is 18.0 Å². The third-order valence-corrected chi connectivity index (χ3v) is 7.71. The Morgan fingerprint density at radius 2 is 1.79 bits per heavy atom. The number of likely N-dealkylation sites (tertiary alicyclic amines) is 1. The highest BCUT2D eigenvalue weighted by molar-refractivity contribution is 8.00. The number of morpholine rings is 1. The summed E-state index contributed by atoms with van der Waals surface area (Å²) in [5, 5.41) is 0.528. The largest absolute Gasteiger partial charge is 0.416 e. The lowest BCUT2D eigenvalue weighted by Crippen LogP contribution is -2.53. The van der Waals surface area contributed by atoms with E-state index in [1.165, 1.54) is 0 Å². The number of aliphatic imine (C=N–C) groups is 1. The zero-order chi connectivity index (χ0) is 24.3. The van der Waals surface area contributed by atoms with Gasteiger partial charge >= 0.3 is 12.2 Å². The smallest absolute Gasteiger partial charge is 0.378 e. The number of hydrogen-bond acceptors (Lipinski definition) is 4. The minimum atomic E-state index is -4.36. The summed E-state index contributed by atoms with van der Waals surface area (Å²) in [7, 11) is 0. The molecular formula is C25H32F3N3O2S. The van der Waals surface area contributed by atoms with Gasteiger partial charge in [-0.1, -0.05) is 32.1 Å². The van der Waals surface area contributed by atoms with Gasteiger partial charge in [0.15, 0.2) is 0 Å². The Balaban J connectivity index is 1.53. The fourth-order valence-electron chi connectivity index (χ4n) is 4.74. The predicted octanol–water partition coefficient (Wildman–Crippen LogP) is 5.43. The number of benzene rings is 1. The first kappa shape index (κ1) is 25.1. The molecule has 0 aromatic heterocycles. The van der Waals surface area contributed by atoms with Gasteiger partial charge in [0.1, 0.15) is 0 Å². The number of carbonyl (C=O) groups excluding carboxylic acids is 1. The third-order valence-electron chi connectivity index (χ3n) is 6.58. The number of carbonyl (C=O) groups is 1. The summed E-state index contributed by atoms with van der Waals surface area (Å²) in [5.41, 5.74) is 2.34. The zero-order valence-electron chi connectivity index (χ0n) is 19.7. The van der Waals surface area contributed by atoms with Crippen molar-refractivity contribution >= 4 is 23.5 Å². The van der Waals surface area contributed by atoms with Crippen molar-refractivity contribution in [2.75, 3.05) is 45.1 Å². The van der Waals surface area contributed by atoms with Gasteiger partial charge in [0.25, 0.3) is 0 Å². The van der Waals surface area contributed by atoms with Gasteiger partial charge in [-0.25, -0.2) is 4.79 Å². The highest BCUT2D eigenvalue weighted by Gasteiger charge is 2.36. The van der Waals surface area contributed by atoms with Crippen LogP contribution in [0.2, 0.25) is 0 Å². The van der Waals surface area contributed by atoms with E-state index in [2.05, 4.69) is 19.9 Å². The number of urea groups is 1. The topological polar surface area (TPSA) is 45.1 Å². The van der Waals surface area contributed by atoms with Crippen molar-refractivity contribution in [1.29, 1.82) is 0 Å². The number of rotatable bonds is 5. The number of halogens is 3. The summed E-state index contributed by atoms with van der Waals surface area (Å²) in [4.78, 5) is 21.9. The second kappa shape index (κ2) is 10.7. The molecule has 1 aromatic carbocycles. The normalized spacial score (nSPS) is 23.8. The number of amides is 2. The third kappa shape index (κ3) is 6.16. The summed E-state index contributed by atoms with van der Waals surface area (Å²) in [6.45, 7) is 7.58. The molecule has 3 heterocycles. The molecule has 34 heavy (non-hydrogen) atoms. The molecule has 2 amide bonds. The first-order chi connectivity index (χ1) is 16.2. The number of alkyl halides is 3. The van der Waals surface area contributed by atoms with Crippen molar-refractivity contribution in [2.45, 2.75) is 44.0 Å². The lowest BCUT2D eigenvalue weighted by Gasteiger charge is -2.41. The average molecular weight is 496 g/mol. The van der Waals surface area contributed by atoms with Crippen LogP contribution >= 0.6 is 11.8 Å². The molecule has 3 aliphatic rings. The van der Waals surface area contributed by atoms with Crippen molar-refractivity contribution in [1.82, 2.24) is 9.80 Å². The van der Waals surface area contributed by atoms with Gasteiger partial charge in [-0.05, 0) is 29.4 Å². The minimum absolute atomic E-state index is 0.0212. The summed E-state index contributed by atoms with van der Waals surface area (Å²) >= 11 is 1.85. The maximum absolute atomic E-state index is 13.3. The lowest BCUT2D eigenvalue weighted by atomic mass is 9.81. The highest BCUT2D eigenvalue weighted by Crippen LogP contribution is 2.36. The quantitative estimate of drug-likeness (QED) is 0.547. The Hall–Kier alpha value is -2.00. The second-order valence-electron chi connectivity index (χ2n) is 9.40. The molecule has 2 fully saturated rings. The first-order valence-electron chi connectivity index (χ1n) is 11.9. The molecule has 5 nitrogen and oxygen atoms in total. The van der Waals surface area contributed by atoms with E-state index < -0.39 is 11.7 Å². The molecule has 2 atom stereocenters. The second-order valence-corrected chi connectivity index (χ2v) is 11.0. The number of ether oxygens (including phenoxy) is 1. The standard InChI is InChI=1S/C25H32F3N3O2S/c1-17(2)34-16-22-7-8-23(29-22)20-13-19(18-3-5-21(6-4-18)25(26,27)28)14-31(15-20)24(32)30-9-11-33-12-10-30/h3-7,17,19-20H,8-16H2,1-2H3. The van der Waals surface area contributed by atoms with Gasteiger partial charge < -0.3 is 14.5 Å². The van der Waals surface area contributed by atoms with Crippen molar-refractivity contribution in [3.8, 4) is 0 Å². The van der Waals surface area contributed by atoms with E-state index in [0.717, 1.165) is 47.7 Å². The van der Waals surface area contributed by atoms with E-state index in [4.69, 9.17) is 9.73 Å². The van der Waals surface area contributed by atoms with E-state index in [9.17, 15) is 18.0 Å². The van der Waals surface area contributed by atoms with E-state index in [-0.39, 0.29) is 17.9 Å². The van der Waals surface area contributed by atoms with Gasteiger partial charge in [-0.15, -0.1) is 0 Å². The Morgan fingerprint density at radius 3 is 2.44 bits per heavy atom. The van der Waals surface area contributed by atoms with Gasteiger partial charge in [-0.2, -0.15) is 24.9 Å². The molecule has 4 rings (SSSR count). The van der Waals surface area contributed by atoms with Gasteiger partial charge in [-0.3, -0.25) is 4.99 Å². The van der Waals surface area contributed by atoms with E-state index in [0.29, 0.717) is 44.6 Å². The summed E-state index contributed by atoms with van der Waals surface area (Å²) in [5.74, 6) is 0.916. The molecule has 186 valence electrons. The Kier molecular flexibility index (Phi) is 7.92. The summed E-state index contributed by atoms with van der Waals surface area (Å²) < 4.78 is 44.6. The SMILES string of the molecule is CC(C)SCC1=CCC(C2CC(c3ccc(C(F)(F)F)cc3)CN(C(=O)N3CCOCC3)C2)=N1. The average Bonchev–Trinajstić information content (AvgIpc) is 3.31. The summed E-state index contributed by atoms with van der Waals surface area (Å²) in [6, 6.07) is 5.39. The number of nitrogens with zero attached hydrogens (tertiary/aromatic N) is 3. The molecule has 9 heteroatoms. The van der Waals surface area contributed by atoms with Crippen molar-refractivity contribution in [2.24, 2.45) is 10.9 Å². The molecule has 3 aliphatic heterocycles. The maximum atomic E-state index is 13.3. The molecular weight excluding hydrogens is 463 g/mol. The fraction of sp³-hybridized carbons (Fsp3) is 0.600. The zero-order valence-corrected chi connectivity index (χ0v) is 20.5. The Bertz CT molecular complexity index is 924. The van der Waals surface area contributed by atoms with Crippen molar-refractivity contribution in [3.63, 3.8) is 0 Å². The maximum Gasteiger partial charge on any atom is 0.416 e. The van der Waals surface area contributed by atoms with Crippen LogP contribution in [0.15, 0.2) is 41.0 Å². The molecule has 2 unspecified atom stereocenters. The van der Waals surface area contributed by atoms with Crippen LogP contribution in [0.25, 0.3) is 0 Å². The van der Waals surface area contributed by atoms with Crippen LogP contribution < -0.4 is 0 Å². The van der Waals surface area contributed by atoms with Crippen LogP contribution in [0.1, 0.15) is 43.7 Å². The van der Waals surface area contributed by atoms with E-state index in [1.54, 1.807) is 12.1 Å². The molecule has 0 aliphatic carbocycles. The van der Waals surface area contributed by atoms with Crippen LogP contribution in [-0.4, -0.2) is 71.9 Å². The summed E-state index contributed by atoms with van der Waals surface area (Å²) in [6.07, 6.45) is -0.644. The van der Waals surface area contributed by atoms with Crippen LogP contribution in [0.3, 0.4) is 0 Å². The van der Waals surface area contributed by atoms with Gasteiger partial charge in [0, 0.05) is 61.6 Å². The highest BCUT2D eigenvalue weighted by atomic mass is 32.2. The van der Waals surface area contributed by atoms with E-state index >= 15 is 0 Å². The molecule has 0 N–H and O–H groups in total. The number of piperidine rings is 1. The Labute approximate surface area is 203 Å². The molecule has 0 saturated carbocycles. The number of thioether (sulfide) groups is 1. The van der Waals surface area contributed by atoms with Crippen molar-refractivity contribution in [3.05, 3.63) is 47.2 Å². The lowest BCUT2D eigenvalue weighted by molar-refractivity contribution is -0.137. The van der Waals surface area contributed by atoms with Gasteiger partial charge in [0.2, 0.25) is 0 Å². The number of allylic oxidation sites excluding steroid dienone is 1. The van der Waals surface area contributed by atoms with Crippen LogP contribution in [0.5, 0.6) is 0 Å². The van der Waals surface area contributed by atoms with Crippen LogP contribution in [0, 0.1) is 5.92 Å². The first-order valence-corrected chi connectivity index (χ1v) is 12.9. The molecule has 0 radical (unpaired) electrons. The molecule has 2 saturated heterocycles. The molecule has 0 spiro atoms. The van der Waals surface area contributed by atoms with Crippen molar-refractivity contribution < 1.29 is 22.7 Å². The monoisotopic (exact) mass is 495 g/mol. The molecule has 0 bridgehead atoms. The Morgan fingerprint density at radius 1 is 1.12 bits per heavy atom. The minimum Gasteiger partial charge on any atom is -0.378 e. The molecule has 1 aromatic rings. The number of hydrogen-bond donors (Lipinski definition) is 0. The fourth-order valence-corrected chi connectivity index (χ4v) is 5.42. The predicted molar refractivity (Wildman–Crippen MR) is 129 cm³/mol. The van der Waals surface area contributed by atoms with Gasteiger partial charge in [0.05, 0.1) is 18.8 Å². The van der Waals surface area contributed by atoms with E-state index in [1.807, 2.05) is 21.6 Å².